The van der Waals surface area contributed by atoms with E-state index in [0.29, 0.717) is 40.6 Å². The first-order chi connectivity index (χ1) is 18.0. The van der Waals surface area contributed by atoms with Crippen molar-refractivity contribution in [2.45, 2.75) is 38.5 Å². The van der Waals surface area contributed by atoms with Crippen molar-refractivity contribution in [3.8, 4) is 5.69 Å². The highest BCUT2D eigenvalue weighted by Crippen LogP contribution is 2.32. The number of carbonyl (C=O) groups is 1. The monoisotopic (exact) mass is 501 g/mol. The van der Waals surface area contributed by atoms with E-state index in [0.717, 1.165) is 25.3 Å². The van der Waals surface area contributed by atoms with Gasteiger partial charge in [0.15, 0.2) is 17.0 Å². The molecule has 1 unspecified atom stereocenters. The van der Waals surface area contributed by atoms with Crippen LogP contribution in [0.25, 0.3) is 27.9 Å². The molecule has 0 spiro atoms. The molecule has 0 aliphatic carbocycles. The van der Waals surface area contributed by atoms with Gasteiger partial charge in [0, 0.05) is 12.3 Å². The Kier molecular flexibility index (Phi) is 5.76. The Morgan fingerprint density at radius 1 is 1.16 bits per heavy atom. The van der Waals surface area contributed by atoms with Crippen LogP contribution in [0.3, 0.4) is 0 Å². The minimum atomic E-state index is -1.36. The Morgan fingerprint density at radius 3 is 2.76 bits per heavy atom. The van der Waals surface area contributed by atoms with E-state index in [4.69, 9.17) is 9.72 Å². The molecule has 1 saturated heterocycles. The van der Waals surface area contributed by atoms with Crippen LogP contribution in [0.2, 0.25) is 0 Å². The van der Waals surface area contributed by atoms with Crippen molar-refractivity contribution in [2.24, 2.45) is 0 Å². The van der Waals surface area contributed by atoms with Crippen molar-refractivity contribution in [3.63, 3.8) is 0 Å². The van der Waals surface area contributed by atoms with Gasteiger partial charge in [0.25, 0.3) is 0 Å². The number of fused-ring (bicyclic) bond motifs is 2. The van der Waals surface area contributed by atoms with Crippen LogP contribution >= 0.6 is 0 Å². The lowest BCUT2D eigenvalue weighted by molar-refractivity contribution is -0.0298. The van der Waals surface area contributed by atoms with E-state index in [2.05, 4.69) is 20.3 Å². The second-order valence-corrected chi connectivity index (χ2v) is 8.97. The van der Waals surface area contributed by atoms with Crippen LogP contribution in [0.4, 0.5) is 10.2 Å². The van der Waals surface area contributed by atoms with E-state index in [1.807, 2.05) is 41.8 Å². The van der Waals surface area contributed by atoms with Gasteiger partial charge in [-0.3, -0.25) is 9.13 Å². The summed E-state index contributed by atoms with van der Waals surface area (Å²) >= 11 is 0. The first-order valence-corrected chi connectivity index (χ1v) is 12.1. The van der Waals surface area contributed by atoms with Crippen molar-refractivity contribution in [1.29, 1.82) is 0 Å². The molecule has 10 nitrogen and oxygen atoms in total. The number of hydrogen-bond acceptors (Lipinski definition) is 7. The van der Waals surface area contributed by atoms with Crippen molar-refractivity contribution in [3.05, 3.63) is 72.3 Å². The largest absolute Gasteiger partial charge is 0.478 e. The first kappa shape index (κ1) is 23.0. The van der Waals surface area contributed by atoms with Gasteiger partial charge in [-0.15, -0.1) is 0 Å². The molecule has 0 saturated carbocycles. The number of carboxylic acid groups (broad SMARTS) is 1. The number of rotatable bonds is 6. The molecule has 0 amide bonds. The van der Waals surface area contributed by atoms with E-state index in [-0.39, 0.29) is 11.7 Å². The third-order valence-electron chi connectivity index (χ3n) is 6.59. The van der Waals surface area contributed by atoms with Gasteiger partial charge in [-0.1, -0.05) is 18.2 Å². The Bertz CT molecular complexity index is 1610. The van der Waals surface area contributed by atoms with Gasteiger partial charge in [0.05, 0.1) is 23.4 Å². The summed E-state index contributed by atoms with van der Waals surface area (Å²) in [5.74, 6) is -1.18. The number of anilines is 1. The number of imidazole rings is 2. The van der Waals surface area contributed by atoms with E-state index < -0.39 is 23.4 Å². The quantitative estimate of drug-likeness (QED) is 0.338. The zero-order chi connectivity index (χ0) is 25.5. The lowest BCUT2D eigenvalue weighted by Crippen LogP contribution is -2.18. The molecule has 1 fully saturated rings. The maximum atomic E-state index is 14.7. The van der Waals surface area contributed by atoms with Gasteiger partial charge < -0.3 is 15.2 Å². The third-order valence-corrected chi connectivity index (χ3v) is 6.59. The average Bonchev–Trinajstić information content (AvgIpc) is 3.52. The van der Waals surface area contributed by atoms with Gasteiger partial charge in [-0.2, -0.15) is 0 Å². The third kappa shape index (κ3) is 3.97. The second kappa shape index (κ2) is 9.25. The highest BCUT2D eigenvalue weighted by molar-refractivity contribution is 6.02. The molecule has 2 atom stereocenters. The minimum Gasteiger partial charge on any atom is -0.478 e. The molecule has 5 aromatic rings. The van der Waals surface area contributed by atoms with Crippen LogP contribution in [-0.4, -0.2) is 46.8 Å². The fourth-order valence-corrected chi connectivity index (χ4v) is 4.87. The SMILES string of the molecule is CC(Nc1ncnc2c1ncn2[C@@H]1CCCCO1)c1nc2ccc(F)c(C(=O)O)c2n1-c1ccccc1. The van der Waals surface area contributed by atoms with Gasteiger partial charge in [0.2, 0.25) is 0 Å². The fourth-order valence-electron chi connectivity index (χ4n) is 4.87. The number of para-hydroxylation sites is 1. The number of nitrogens with zero attached hydrogens (tertiary/aromatic N) is 6. The van der Waals surface area contributed by atoms with Crippen LogP contribution in [0.1, 0.15) is 54.6 Å². The van der Waals surface area contributed by atoms with E-state index in [1.54, 1.807) is 10.9 Å². The highest BCUT2D eigenvalue weighted by atomic mass is 19.1. The molecule has 1 aliphatic rings. The van der Waals surface area contributed by atoms with E-state index >= 15 is 0 Å². The molecular weight excluding hydrogens is 477 g/mol. The lowest BCUT2D eigenvalue weighted by Gasteiger charge is -2.23. The molecule has 1 aliphatic heterocycles. The van der Waals surface area contributed by atoms with Crippen molar-refractivity contribution in [2.75, 3.05) is 11.9 Å². The molecule has 2 aromatic carbocycles. The van der Waals surface area contributed by atoms with Crippen LogP contribution in [0, 0.1) is 5.82 Å². The number of carboxylic acids is 1. The molecule has 37 heavy (non-hydrogen) atoms. The van der Waals surface area contributed by atoms with E-state index in [1.165, 1.54) is 12.4 Å². The zero-order valence-electron chi connectivity index (χ0n) is 20.0. The van der Waals surface area contributed by atoms with Crippen LogP contribution in [-0.2, 0) is 4.74 Å². The van der Waals surface area contributed by atoms with Gasteiger partial charge in [0.1, 0.15) is 29.8 Å². The van der Waals surface area contributed by atoms with Gasteiger partial charge in [-0.25, -0.2) is 29.1 Å². The summed E-state index contributed by atoms with van der Waals surface area (Å²) in [6.45, 7) is 2.58. The number of aromatic carboxylic acids is 1. The zero-order valence-corrected chi connectivity index (χ0v) is 20.0. The topological polar surface area (TPSA) is 120 Å². The summed E-state index contributed by atoms with van der Waals surface area (Å²) in [7, 11) is 0. The second-order valence-electron chi connectivity index (χ2n) is 8.97. The van der Waals surface area contributed by atoms with Crippen LogP contribution in [0.5, 0.6) is 0 Å². The molecule has 6 rings (SSSR count). The lowest BCUT2D eigenvalue weighted by atomic mass is 10.1. The Morgan fingerprint density at radius 2 is 2.00 bits per heavy atom. The molecule has 0 radical (unpaired) electrons. The normalized spacial score (nSPS) is 16.8. The van der Waals surface area contributed by atoms with E-state index in [9.17, 15) is 14.3 Å². The molecule has 0 bridgehead atoms. The summed E-state index contributed by atoms with van der Waals surface area (Å²) in [5.41, 5.74) is 2.04. The average molecular weight is 502 g/mol. The molecule has 2 N–H and O–H groups in total. The summed E-state index contributed by atoms with van der Waals surface area (Å²) < 4.78 is 24.2. The predicted molar refractivity (Wildman–Crippen MR) is 134 cm³/mol. The maximum Gasteiger partial charge on any atom is 0.340 e. The number of nitrogens with one attached hydrogen (secondary N) is 1. The first-order valence-electron chi connectivity index (χ1n) is 12.1. The molecule has 188 valence electrons. The predicted octanol–water partition coefficient (Wildman–Crippen LogP) is 4.87. The summed E-state index contributed by atoms with van der Waals surface area (Å²) in [4.78, 5) is 30.2. The maximum absolute atomic E-state index is 14.7. The summed E-state index contributed by atoms with van der Waals surface area (Å²) in [6, 6.07) is 11.3. The smallest absolute Gasteiger partial charge is 0.340 e. The Labute approximate surface area is 210 Å². The number of aromatic nitrogens is 6. The number of halogens is 1. The summed E-state index contributed by atoms with van der Waals surface area (Å²) in [5, 5.41) is 13.2. The fraction of sp³-hybridized carbons (Fsp3) is 0.269. The van der Waals surface area contributed by atoms with Gasteiger partial charge in [-0.05, 0) is 50.5 Å². The number of hydrogen-bond donors (Lipinski definition) is 2. The van der Waals surface area contributed by atoms with Crippen molar-refractivity contribution >= 4 is 34.0 Å². The molecule has 3 aromatic heterocycles. The Hall–Kier alpha value is -4.38. The van der Waals surface area contributed by atoms with Crippen molar-refractivity contribution < 1.29 is 19.0 Å². The minimum absolute atomic E-state index is 0.120. The molecule has 4 heterocycles. The van der Waals surface area contributed by atoms with Crippen LogP contribution in [0.15, 0.2) is 55.1 Å². The Balaban J connectivity index is 1.45. The van der Waals surface area contributed by atoms with Crippen LogP contribution < -0.4 is 5.32 Å². The highest BCUT2D eigenvalue weighted by Gasteiger charge is 2.26. The van der Waals surface area contributed by atoms with Gasteiger partial charge >= 0.3 is 5.97 Å². The molecular formula is C26H24FN7O3. The summed E-state index contributed by atoms with van der Waals surface area (Å²) in [6.07, 6.45) is 6.07. The molecule has 11 heteroatoms. The number of benzene rings is 2. The number of ether oxygens (including phenoxy) is 1. The van der Waals surface area contributed by atoms with Crippen molar-refractivity contribution in [1.82, 2.24) is 29.1 Å². The standard InChI is InChI=1S/C26H24FN7O3/c1-15(31-23-21-25(29-13-28-23)33(14-30-21)19-9-5-6-12-37-19)24-32-18-11-10-17(27)20(26(35)36)22(18)34(24)16-7-3-2-4-8-16/h2-4,7-8,10-11,13-15,19H,5-6,9,12H2,1H3,(H,35,36)(H,28,29,31)/t15?,19-/m0/s1.